The standard InChI is InChI=1S/C14H20N2O4/c1-2-9-7-12(15-8-9)13(17)16-11-4-6-20-5-3-10(11)14(18)19/h7-8,10-11,15H,2-6H2,1H3,(H,16,17)(H,18,19)/t10-,11-/m1/s1. The third kappa shape index (κ3) is 3.39. The van der Waals surface area contributed by atoms with E-state index >= 15 is 0 Å². The van der Waals surface area contributed by atoms with Crippen molar-refractivity contribution in [3.63, 3.8) is 0 Å². The van der Waals surface area contributed by atoms with E-state index in [1.165, 1.54) is 0 Å². The van der Waals surface area contributed by atoms with E-state index in [-0.39, 0.29) is 5.91 Å². The molecule has 1 amide bonds. The Balaban J connectivity index is 2.05. The van der Waals surface area contributed by atoms with Gasteiger partial charge in [-0.3, -0.25) is 9.59 Å². The Hall–Kier alpha value is -1.82. The zero-order valence-corrected chi connectivity index (χ0v) is 11.5. The van der Waals surface area contributed by atoms with E-state index in [1.54, 1.807) is 12.3 Å². The van der Waals surface area contributed by atoms with Crippen LogP contribution in [0.25, 0.3) is 0 Å². The molecular weight excluding hydrogens is 260 g/mol. The van der Waals surface area contributed by atoms with Gasteiger partial charge in [0.1, 0.15) is 5.69 Å². The molecule has 1 saturated heterocycles. The Morgan fingerprint density at radius 1 is 1.45 bits per heavy atom. The predicted molar refractivity (Wildman–Crippen MR) is 72.6 cm³/mol. The van der Waals surface area contributed by atoms with E-state index in [0.717, 1.165) is 12.0 Å². The average molecular weight is 280 g/mol. The molecule has 0 bridgehead atoms. The molecule has 0 saturated carbocycles. The lowest BCUT2D eigenvalue weighted by atomic mass is 9.95. The lowest BCUT2D eigenvalue weighted by Crippen LogP contribution is -2.43. The van der Waals surface area contributed by atoms with Gasteiger partial charge in [-0.15, -0.1) is 0 Å². The predicted octanol–water partition coefficient (Wildman–Crippen LogP) is 1.19. The molecule has 2 heterocycles. The maximum absolute atomic E-state index is 12.1. The molecular formula is C14H20N2O4. The van der Waals surface area contributed by atoms with Gasteiger partial charge in [0.25, 0.3) is 5.91 Å². The van der Waals surface area contributed by atoms with E-state index in [1.807, 2.05) is 6.92 Å². The zero-order chi connectivity index (χ0) is 14.5. The van der Waals surface area contributed by atoms with Gasteiger partial charge in [-0.2, -0.15) is 0 Å². The van der Waals surface area contributed by atoms with Crippen LogP contribution in [-0.2, 0) is 16.0 Å². The molecule has 20 heavy (non-hydrogen) atoms. The fourth-order valence-electron chi connectivity index (χ4n) is 2.41. The van der Waals surface area contributed by atoms with Gasteiger partial charge in [-0.1, -0.05) is 6.92 Å². The van der Waals surface area contributed by atoms with Crippen molar-refractivity contribution in [3.05, 3.63) is 23.5 Å². The highest BCUT2D eigenvalue weighted by Gasteiger charge is 2.31. The number of hydrogen-bond donors (Lipinski definition) is 3. The van der Waals surface area contributed by atoms with Crippen LogP contribution >= 0.6 is 0 Å². The van der Waals surface area contributed by atoms with E-state index < -0.39 is 17.9 Å². The highest BCUT2D eigenvalue weighted by atomic mass is 16.5. The monoisotopic (exact) mass is 280 g/mol. The molecule has 0 radical (unpaired) electrons. The maximum atomic E-state index is 12.1. The number of carboxylic acid groups (broad SMARTS) is 1. The number of aromatic nitrogens is 1. The van der Waals surface area contributed by atoms with Crippen molar-refractivity contribution in [2.75, 3.05) is 13.2 Å². The molecule has 6 heteroatoms. The van der Waals surface area contributed by atoms with Crippen LogP contribution in [0.15, 0.2) is 12.3 Å². The van der Waals surface area contributed by atoms with Crippen LogP contribution in [0.1, 0.15) is 35.8 Å². The summed E-state index contributed by atoms with van der Waals surface area (Å²) in [5, 5.41) is 12.1. The smallest absolute Gasteiger partial charge is 0.308 e. The van der Waals surface area contributed by atoms with E-state index in [2.05, 4.69) is 10.3 Å². The van der Waals surface area contributed by atoms with Gasteiger partial charge in [-0.25, -0.2) is 0 Å². The van der Waals surface area contributed by atoms with Crippen molar-refractivity contribution in [2.45, 2.75) is 32.2 Å². The minimum atomic E-state index is -0.887. The first kappa shape index (κ1) is 14.6. The third-order valence-corrected chi connectivity index (χ3v) is 3.66. The highest BCUT2D eigenvalue weighted by Crippen LogP contribution is 2.18. The van der Waals surface area contributed by atoms with Crippen LogP contribution in [0, 0.1) is 5.92 Å². The molecule has 1 fully saturated rings. The number of aryl methyl sites for hydroxylation is 1. The lowest BCUT2D eigenvalue weighted by Gasteiger charge is -2.21. The minimum absolute atomic E-state index is 0.261. The second kappa shape index (κ2) is 6.56. The van der Waals surface area contributed by atoms with Crippen molar-refractivity contribution in [2.24, 2.45) is 5.92 Å². The number of amides is 1. The van der Waals surface area contributed by atoms with Gasteiger partial charge in [-0.05, 0) is 30.9 Å². The van der Waals surface area contributed by atoms with Crippen molar-refractivity contribution >= 4 is 11.9 Å². The molecule has 1 aliphatic rings. The summed E-state index contributed by atoms with van der Waals surface area (Å²) >= 11 is 0. The van der Waals surface area contributed by atoms with Crippen molar-refractivity contribution < 1.29 is 19.4 Å². The molecule has 2 rings (SSSR count). The number of hydrogen-bond acceptors (Lipinski definition) is 3. The summed E-state index contributed by atoms with van der Waals surface area (Å²) in [7, 11) is 0. The first-order valence-electron chi connectivity index (χ1n) is 6.90. The Labute approximate surface area is 117 Å². The van der Waals surface area contributed by atoms with Crippen LogP contribution in [0.2, 0.25) is 0 Å². The third-order valence-electron chi connectivity index (χ3n) is 3.66. The summed E-state index contributed by atoms with van der Waals surface area (Å²) in [6.45, 7) is 2.90. The number of aliphatic carboxylic acids is 1. The number of rotatable bonds is 4. The lowest BCUT2D eigenvalue weighted by molar-refractivity contribution is -0.142. The number of ether oxygens (including phenoxy) is 1. The minimum Gasteiger partial charge on any atom is -0.481 e. The summed E-state index contributed by atoms with van der Waals surface area (Å²) in [5.74, 6) is -1.74. The molecule has 0 unspecified atom stereocenters. The molecule has 6 nitrogen and oxygen atoms in total. The highest BCUT2D eigenvalue weighted by molar-refractivity contribution is 5.93. The average Bonchev–Trinajstić information content (AvgIpc) is 2.79. The number of carboxylic acids is 1. The van der Waals surface area contributed by atoms with Gasteiger partial charge in [0.05, 0.1) is 5.92 Å². The van der Waals surface area contributed by atoms with Gasteiger partial charge < -0.3 is 20.1 Å². The maximum Gasteiger partial charge on any atom is 0.308 e. The van der Waals surface area contributed by atoms with Gasteiger partial charge in [0.15, 0.2) is 0 Å². The zero-order valence-electron chi connectivity index (χ0n) is 11.5. The summed E-state index contributed by atoms with van der Waals surface area (Å²) in [5.41, 5.74) is 1.52. The van der Waals surface area contributed by atoms with E-state index in [4.69, 9.17) is 4.74 Å². The van der Waals surface area contributed by atoms with E-state index in [0.29, 0.717) is 31.7 Å². The largest absolute Gasteiger partial charge is 0.481 e. The topological polar surface area (TPSA) is 91.4 Å². The van der Waals surface area contributed by atoms with Crippen molar-refractivity contribution in [1.29, 1.82) is 0 Å². The van der Waals surface area contributed by atoms with Crippen LogP contribution in [0.4, 0.5) is 0 Å². The molecule has 1 aromatic rings. The van der Waals surface area contributed by atoms with Gasteiger partial charge >= 0.3 is 5.97 Å². The first-order valence-corrected chi connectivity index (χ1v) is 6.90. The molecule has 1 aliphatic heterocycles. The van der Waals surface area contributed by atoms with Crippen LogP contribution in [0.5, 0.6) is 0 Å². The molecule has 0 spiro atoms. The van der Waals surface area contributed by atoms with Crippen molar-refractivity contribution in [1.82, 2.24) is 10.3 Å². The number of nitrogens with one attached hydrogen (secondary N) is 2. The molecule has 0 aliphatic carbocycles. The van der Waals surface area contributed by atoms with Crippen LogP contribution < -0.4 is 5.32 Å². The fraction of sp³-hybridized carbons (Fsp3) is 0.571. The number of H-pyrrole nitrogens is 1. The summed E-state index contributed by atoms with van der Waals surface area (Å²) < 4.78 is 5.29. The summed E-state index contributed by atoms with van der Waals surface area (Å²) in [6.07, 6.45) is 3.58. The van der Waals surface area contributed by atoms with Crippen molar-refractivity contribution in [3.8, 4) is 0 Å². The molecule has 1 aromatic heterocycles. The summed E-state index contributed by atoms with van der Waals surface area (Å²) in [6, 6.07) is 1.40. The number of carbonyl (C=O) groups is 2. The van der Waals surface area contributed by atoms with Crippen LogP contribution in [0.3, 0.4) is 0 Å². The Morgan fingerprint density at radius 2 is 2.20 bits per heavy atom. The first-order chi connectivity index (χ1) is 9.61. The Kier molecular flexibility index (Phi) is 4.79. The van der Waals surface area contributed by atoms with Crippen LogP contribution in [-0.4, -0.2) is 41.2 Å². The normalized spacial score (nSPS) is 23.1. The number of aromatic amines is 1. The second-order valence-corrected chi connectivity index (χ2v) is 4.99. The molecule has 2 atom stereocenters. The van der Waals surface area contributed by atoms with E-state index in [9.17, 15) is 14.7 Å². The Morgan fingerprint density at radius 3 is 2.85 bits per heavy atom. The van der Waals surface area contributed by atoms with Gasteiger partial charge in [0.2, 0.25) is 0 Å². The Bertz CT molecular complexity index is 483. The van der Waals surface area contributed by atoms with Gasteiger partial charge in [0, 0.05) is 25.5 Å². The molecule has 110 valence electrons. The summed E-state index contributed by atoms with van der Waals surface area (Å²) in [4.78, 5) is 26.3. The molecule has 0 aromatic carbocycles. The quantitative estimate of drug-likeness (QED) is 0.772. The fourth-order valence-corrected chi connectivity index (χ4v) is 2.41. The second-order valence-electron chi connectivity index (χ2n) is 4.99. The molecule has 3 N–H and O–H groups in total. The number of carbonyl (C=O) groups excluding carboxylic acids is 1. The SMILES string of the molecule is CCc1c[nH]c(C(=O)N[C@@H]2CCOCC[C@H]2C(=O)O)c1.